The van der Waals surface area contributed by atoms with Crippen molar-refractivity contribution in [1.29, 1.82) is 0 Å². The van der Waals surface area contributed by atoms with Gasteiger partial charge in [0.25, 0.3) is 0 Å². The summed E-state index contributed by atoms with van der Waals surface area (Å²) in [5.74, 6) is -0.591. The Morgan fingerprint density at radius 1 is 0.828 bits per heavy atom. The van der Waals surface area contributed by atoms with Crippen LogP contribution in [0, 0.1) is 5.92 Å². The lowest BCUT2D eigenvalue weighted by Crippen LogP contribution is -2.26. The minimum Gasteiger partial charge on any atom is -0.462 e. The lowest BCUT2D eigenvalue weighted by Gasteiger charge is -2.23. The lowest BCUT2D eigenvalue weighted by molar-refractivity contribution is 0.0132. The van der Waals surface area contributed by atoms with Gasteiger partial charge in [-0.15, -0.1) is 0 Å². The summed E-state index contributed by atoms with van der Waals surface area (Å²) in [7, 11) is 0. The van der Waals surface area contributed by atoms with Crippen molar-refractivity contribution in [3.8, 4) is 0 Å². The van der Waals surface area contributed by atoms with Crippen LogP contribution < -0.4 is 0 Å². The summed E-state index contributed by atoms with van der Waals surface area (Å²) in [4.78, 5) is 25.2. The highest BCUT2D eigenvalue weighted by Gasteiger charge is 2.24. The van der Waals surface area contributed by atoms with E-state index in [4.69, 9.17) is 9.47 Å². The Labute approximate surface area is 177 Å². The second-order valence-corrected chi connectivity index (χ2v) is 7.92. The fourth-order valence-electron chi connectivity index (χ4n) is 3.58. The number of benzene rings is 1. The summed E-state index contributed by atoms with van der Waals surface area (Å²) in [6, 6.07) is 6.78. The molecule has 4 nitrogen and oxygen atoms in total. The number of rotatable bonds is 15. The molecule has 1 aromatic carbocycles. The summed E-state index contributed by atoms with van der Waals surface area (Å²) in [5, 5.41) is 0. The average Bonchev–Trinajstić information content (AvgIpc) is 2.73. The van der Waals surface area contributed by atoms with Gasteiger partial charge in [-0.25, -0.2) is 9.59 Å². The molecule has 1 rings (SSSR count). The van der Waals surface area contributed by atoms with E-state index in [1.807, 2.05) is 6.92 Å². The maximum absolute atomic E-state index is 12.7. The zero-order valence-electron chi connectivity index (χ0n) is 18.9. The predicted molar refractivity (Wildman–Crippen MR) is 118 cm³/mol. The van der Waals surface area contributed by atoms with Crippen molar-refractivity contribution in [3.05, 3.63) is 35.4 Å². The molecule has 0 aliphatic heterocycles. The van der Waals surface area contributed by atoms with Crippen LogP contribution in [0.4, 0.5) is 0 Å². The molecular formula is C25H40O4. The van der Waals surface area contributed by atoms with Crippen molar-refractivity contribution in [2.45, 2.75) is 98.0 Å². The van der Waals surface area contributed by atoms with Crippen LogP contribution >= 0.6 is 0 Å². The van der Waals surface area contributed by atoms with E-state index in [0.717, 1.165) is 32.1 Å². The van der Waals surface area contributed by atoms with Gasteiger partial charge in [-0.1, -0.05) is 84.8 Å². The first-order valence-corrected chi connectivity index (χ1v) is 11.5. The van der Waals surface area contributed by atoms with E-state index in [-0.39, 0.29) is 6.10 Å². The van der Waals surface area contributed by atoms with Crippen molar-refractivity contribution in [1.82, 2.24) is 0 Å². The molecule has 0 amide bonds. The standard InChI is InChI=1S/C25H40O4/c1-5-8-9-10-11-12-15-19-28-24(26)21-17-13-14-18-22(21)25(27)29-23(7-3)20(4)16-6-2/h13-14,17-18,20,23H,5-12,15-16,19H2,1-4H3. The van der Waals surface area contributed by atoms with Gasteiger partial charge in [0.2, 0.25) is 0 Å². The summed E-state index contributed by atoms with van der Waals surface area (Å²) >= 11 is 0. The highest BCUT2D eigenvalue weighted by atomic mass is 16.5. The zero-order valence-corrected chi connectivity index (χ0v) is 18.9. The molecule has 29 heavy (non-hydrogen) atoms. The Morgan fingerprint density at radius 3 is 2.00 bits per heavy atom. The highest BCUT2D eigenvalue weighted by Crippen LogP contribution is 2.20. The molecule has 0 spiro atoms. The molecule has 0 bridgehead atoms. The van der Waals surface area contributed by atoms with Crippen LogP contribution in [0.5, 0.6) is 0 Å². The van der Waals surface area contributed by atoms with Gasteiger partial charge < -0.3 is 9.47 Å². The van der Waals surface area contributed by atoms with Gasteiger partial charge >= 0.3 is 11.9 Å². The smallest absolute Gasteiger partial charge is 0.339 e. The first kappa shape index (κ1) is 25.2. The second-order valence-electron chi connectivity index (χ2n) is 7.92. The largest absolute Gasteiger partial charge is 0.462 e. The molecule has 4 heteroatoms. The van der Waals surface area contributed by atoms with Crippen LogP contribution in [0.1, 0.15) is 113 Å². The van der Waals surface area contributed by atoms with E-state index in [1.54, 1.807) is 24.3 Å². The van der Waals surface area contributed by atoms with Crippen LogP contribution in [-0.4, -0.2) is 24.6 Å². The summed E-state index contributed by atoms with van der Waals surface area (Å²) < 4.78 is 11.2. The van der Waals surface area contributed by atoms with Gasteiger partial charge in [0.05, 0.1) is 17.7 Å². The van der Waals surface area contributed by atoms with Crippen LogP contribution in [0.3, 0.4) is 0 Å². The molecule has 0 aliphatic rings. The number of hydrogen-bond acceptors (Lipinski definition) is 4. The fraction of sp³-hybridized carbons (Fsp3) is 0.680. The Kier molecular flexibility index (Phi) is 13.1. The summed E-state index contributed by atoms with van der Waals surface area (Å²) in [6.07, 6.45) is 10.8. The van der Waals surface area contributed by atoms with Gasteiger partial charge in [0.1, 0.15) is 6.10 Å². The van der Waals surface area contributed by atoms with E-state index in [0.29, 0.717) is 23.7 Å². The number of unbranched alkanes of at least 4 members (excludes halogenated alkanes) is 6. The zero-order chi connectivity index (χ0) is 21.5. The number of ether oxygens (including phenoxy) is 2. The SMILES string of the molecule is CCCCCCCCCOC(=O)c1ccccc1C(=O)OC(CC)C(C)CCC. The molecule has 2 unspecified atom stereocenters. The first-order valence-electron chi connectivity index (χ1n) is 11.5. The van der Waals surface area contributed by atoms with Crippen molar-refractivity contribution in [3.63, 3.8) is 0 Å². The number of carbonyl (C=O) groups excluding carboxylic acids is 2. The third-order valence-corrected chi connectivity index (χ3v) is 5.39. The molecule has 0 heterocycles. The van der Waals surface area contributed by atoms with Crippen molar-refractivity contribution in [2.75, 3.05) is 6.61 Å². The van der Waals surface area contributed by atoms with Crippen LogP contribution in [0.25, 0.3) is 0 Å². The van der Waals surface area contributed by atoms with Gasteiger partial charge in [0.15, 0.2) is 0 Å². The molecule has 0 saturated carbocycles. The Hall–Kier alpha value is -1.84. The van der Waals surface area contributed by atoms with Gasteiger partial charge in [-0.05, 0) is 37.3 Å². The minimum absolute atomic E-state index is 0.140. The Morgan fingerprint density at radius 2 is 1.41 bits per heavy atom. The van der Waals surface area contributed by atoms with E-state index in [9.17, 15) is 9.59 Å². The molecule has 164 valence electrons. The molecule has 0 fully saturated rings. The van der Waals surface area contributed by atoms with Crippen LogP contribution in [0.15, 0.2) is 24.3 Å². The molecular weight excluding hydrogens is 364 g/mol. The van der Waals surface area contributed by atoms with Crippen molar-refractivity contribution < 1.29 is 19.1 Å². The predicted octanol–water partition coefficient (Wildman–Crippen LogP) is 6.97. The molecule has 2 atom stereocenters. The molecule has 1 aromatic rings. The second kappa shape index (κ2) is 15.1. The van der Waals surface area contributed by atoms with Crippen LogP contribution in [0.2, 0.25) is 0 Å². The summed E-state index contributed by atoms with van der Waals surface area (Å²) in [6.45, 7) is 8.85. The highest BCUT2D eigenvalue weighted by molar-refractivity contribution is 6.03. The fourth-order valence-corrected chi connectivity index (χ4v) is 3.58. The molecule has 0 aliphatic carbocycles. The van der Waals surface area contributed by atoms with E-state index >= 15 is 0 Å². The summed E-state index contributed by atoms with van der Waals surface area (Å²) in [5.41, 5.74) is 0.581. The van der Waals surface area contributed by atoms with Gasteiger partial charge in [0, 0.05) is 0 Å². The number of esters is 2. The molecule has 0 radical (unpaired) electrons. The molecule has 0 aromatic heterocycles. The topological polar surface area (TPSA) is 52.6 Å². The minimum atomic E-state index is -0.446. The first-order chi connectivity index (χ1) is 14.0. The van der Waals surface area contributed by atoms with Crippen molar-refractivity contribution >= 4 is 11.9 Å². The lowest BCUT2D eigenvalue weighted by atomic mass is 9.97. The van der Waals surface area contributed by atoms with Crippen molar-refractivity contribution in [2.24, 2.45) is 5.92 Å². The quantitative estimate of drug-likeness (QED) is 0.234. The number of hydrogen-bond donors (Lipinski definition) is 0. The van der Waals surface area contributed by atoms with E-state index in [2.05, 4.69) is 20.8 Å². The maximum Gasteiger partial charge on any atom is 0.339 e. The normalized spacial score (nSPS) is 13.0. The Bertz CT molecular complexity index is 596. The van der Waals surface area contributed by atoms with E-state index < -0.39 is 11.9 Å². The van der Waals surface area contributed by atoms with Gasteiger partial charge in [-0.3, -0.25) is 0 Å². The molecule has 0 saturated heterocycles. The van der Waals surface area contributed by atoms with Crippen LogP contribution in [-0.2, 0) is 9.47 Å². The van der Waals surface area contributed by atoms with E-state index in [1.165, 1.54) is 32.1 Å². The monoisotopic (exact) mass is 404 g/mol. The third-order valence-electron chi connectivity index (χ3n) is 5.39. The molecule has 0 N–H and O–H groups in total. The maximum atomic E-state index is 12.7. The number of carbonyl (C=O) groups is 2. The Balaban J connectivity index is 2.57. The average molecular weight is 405 g/mol. The third kappa shape index (κ3) is 9.47. The van der Waals surface area contributed by atoms with Gasteiger partial charge in [-0.2, -0.15) is 0 Å².